The zero-order valence-corrected chi connectivity index (χ0v) is 16.9. The van der Waals surface area contributed by atoms with Crippen LogP contribution in [0.4, 0.5) is 24.5 Å². The number of hydrogen-bond donors (Lipinski definition) is 2. The summed E-state index contributed by atoms with van der Waals surface area (Å²) in [5.74, 6) is -0.467. The topological polar surface area (TPSA) is 76.7 Å². The van der Waals surface area contributed by atoms with E-state index in [2.05, 4.69) is 10.6 Å². The maximum Gasteiger partial charge on any atom is 0.418 e. The molecule has 6 nitrogen and oxygen atoms in total. The second-order valence-corrected chi connectivity index (χ2v) is 6.34. The number of hydrogen-bond acceptors (Lipinski definition) is 4. The Bertz CT molecular complexity index is 914. The van der Waals surface area contributed by atoms with Crippen molar-refractivity contribution in [3.05, 3.63) is 47.5 Å². The van der Waals surface area contributed by atoms with Crippen LogP contribution in [0, 0.1) is 0 Å². The Morgan fingerprint density at radius 1 is 0.967 bits per heavy atom. The van der Waals surface area contributed by atoms with E-state index >= 15 is 0 Å². The predicted molar refractivity (Wildman–Crippen MR) is 107 cm³/mol. The van der Waals surface area contributed by atoms with Crippen molar-refractivity contribution in [3.8, 4) is 11.5 Å². The van der Waals surface area contributed by atoms with Crippen LogP contribution >= 0.6 is 0 Å². The van der Waals surface area contributed by atoms with Gasteiger partial charge in [-0.3, -0.25) is 9.59 Å². The van der Waals surface area contributed by atoms with Crippen LogP contribution in [-0.2, 0) is 11.0 Å². The number of halogens is 3. The van der Waals surface area contributed by atoms with Crippen LogP contribution in [0.25, 0.3) is 0 Å². The van der Waals surface area contributed by atoms with Gasteiger partial charge in [0.1, 0.15) is 0 Å². The van der Waals surface area contributed by atoms with E-state index < -0.39 is 29.2 Å². The summed E-state index contributed by atoms with van der Waals surface area (Å²) in [6, 6.07) is 7.54. The Labute approximate surface area is 172 Å². The van der Waals surface area contributed by atoms with Crippen molar-refractivity contribution in [3.63, 3.8) is 0 Å². The Kier molecular flexibility index (Phi) is 7.68. The lowest BCUT2D eigenvalue weighted by Gasteiger charge is -2.16. The first-order chi connectivity index (χ1) is 14.2. The van der Waals surface area contributed by atoms with E-state index in [4.69, 9.17) is 9.47 Å². The average Bonchev–Trinajstić information content (AvgIpc) is 2.67. The lowest BCUT2D eigenvalue weighted by molar-refractivity contribution is -0.137. The highest BCUT2D eigenvalue weighted by Gasteiger charge is 2.34. The van der Waals surface area contributed by atoms with Crippen molar-refractivity contribution < 1.29 is 32.2 Å². The van der Waals surface area contributed by atoms with Crippen molar-refractivity contribution in [1.82, 2.24) is 0 Å². The van der Waals surface area contributed by atoms with Gasteiger partial charge in [-0.05, 0) is 49.7 Å². The zero-order chi connectivity index (χ0) is 22.3. The van der Waals surface area contributed by atoms with E-state index in [1.807, 2.05) is 6.92 Å². The SMILES string of the molecule is CCCOc1ccc(C(=O)Nc2ccc(NC(C)=O)cc2C(F)(F)F)cc1OCC. The van der Waals surface area contributed by atoms with Crippen molar-refractivity contribution in [2.45, 2.75) is 33.4 Å². The van der Waals surface area contributed by atoms with Gasteiger partial charge >= 0.3 is 6.18 Å². The molecule has 0 aliphatic carbocycles. The molecule has 2 N–H and O–H groups in total. The van der Waals surface area contributed by atoms with Gasteiger partial charge in [0.05, 0.1) is 24.5 Å². The summed E-state index contributed by atoms with van der Waals surface area (Å²) < 4.78 is 51.4. The molecule has 0 saturated carbocycles. The summed E-state index contributed by atoms with van der Waals surface area (Å²) in [4.78, 5) is 23.7. The fourth-order valence-corrected chi connectivity index (χ4v) is 2.61. The molecule has 0 saturated heterocycles. The Morgan fingerprint density at radius 3 is 2.30 bits per heavy atom. The summed E-state index contributed by atoms with van der Waals surface area (Å²) in [6.07, 6.45) is -3.95. The summed E-state index contributed by atoms with van der Waals surface area (Å²) >= 11 is 0. The number of nitrogens with one attached hydrogen (secondary N) is 2. The van der Waals surface area contributed by atoms with Crippen LogP contribution in [0.15, 0.2) is 36.4 Å². The standard InChI is InChI=1S/C21H23F3N2O4/c1-4-10-30-18-9-6-14(11-19(18)29-5-2)20(28)26-17-8-7-15(25-13(3)27)12-16(17)21(22,23)24/h6-9,11-12H,4-5,10H2,1-3H3,(H,25,27)(H,26,28). The van der Waals surface area contributed by atoms with Gasteiger partial charge in [-0.15, -0.1) is 0 Å². The minimum atomic E-state index is -4.73. The molecule has 0 bridgehead atoms. The number of anilines is 2. The van der Waals surface area contributed by atoms with Crippen LogP contribution in [0.2, 0.25) is 0 Å². The van der Waals surface area contributed by atoms with Gasteiger partial charge in [0.2, 0.25) is 5.91 Å². The highest BCUT2D eigenvalue weighted by atomic mass is 19.4. The van der Waals surface area contributed by atoms with Crippen molar-refractivity contribution in [2.75, 3.05) is 23.8 Å². The van der Waals surface area contributed by atoms with Gasteiger partial charge in [0.15, 0.2) is 11.5 Å². The molecule has 9 heteroatoms. The normalized spacial score (nSPS) is 11.0. The number of ether oxygens (including phenoxy) is 2. The molecule has 30 heavy (non-hydrogen) atoms. The first-order valence-electron chi connectivity index (χ1n) is 9.35. The number of carbonyl (C=O) groups excluding carboxylic acids is 2. The summed E-state index contributed by atoms with van der Waals surface area (Å²) in [6.45, 7) is 5.69. The van der Waals surface area contributed by atoms with Crippen LogP contribution in [0.3, 0.4) is 0 Å². The van der Waals surface area contributed by atoms with E-state index in [9.17, 15) is 22.8 Å². The lowest BCUT2D eigenvalue weighted by atomic mass is 10.1. The fourth-order valence-electron chi connectivity index (χ4n) is 2.61. The first kappa shape index (κ1) is 23.1. The fraction of sp³-hybridized carbons (Fsp3) is 0.333. The number of carbonyl (C=O) groups is 2. The Hall–Kier alpha value is -3.23. The van der Waals surface area contributed by atoms with Crippen molar-refractivity contribution in [2.24, 2.45) is 0 Å². The quantitative estimate of drug-likeness (QED) is 0.618. The van der Waals surface area contributed by atoms with Gasteiger partial charge in [-0.2, -0.15) is 13.2 Å². The highest BCUT2D eigenvalue weighted by molar-refractivity contribution is 6.05. The molecule has 162 valence electrons. The lowest BCUT2D eigenvalue weighted by Crippen LogP contribution is -2.17. The minimum Gasteiger partial charge on any atom is -0.490 e. The second kappa shape index (κ2) is 10.00. The zero-order valence-electron chi connectivity index (χ0n) is 16.9. The molecule has 0 aromatic heterocycles. The number of alkyl halides is 3. The van der Waals surface area contributed by atoms with E-state index in [1.165, 1.54) is 25.1 Å². The van der Waals surface area contributed by atoms with E-state index in [-0.39, 0.29) is 11.3 Å². The molecule has 0 spiro atoms. The van der Waals surface area contributed by atoms with Crippen LogP contribution in [0.5, 0.6) is 11.5 Å². The molecule has 2 aromatic carbocycles. The molecule has 0 atom stereocenters. The minimum absolute atomic E-state index is 0.0242. The first-order valence-corrected chi connectivity index (χ1v) is 9.35. The molecule has 0 aliphatic rings. The molecular formula is C21H23F3N2O4. The monoisotopic (exact) mass is 424 g/mol. The van der Waals surface area contributed by atoms with E-state index in [0.29, 0.717) is 24.7 Å². The third-order valence-corrected chi connectivity index (χ3v) is 3.86. The molecular weight excluding hydrogens is 401 g/mol. The maximum atomic E-state index is 13.5. The summed E-state index contributed by atoms with van der Waals surface area (Å²) in [5.41, 5.74) is -1.41. The van der Waals surface area contributed by atoms with Crippen molar-refractivity contribution >= 4 is 23.2 Å². The molecule has 0 unspecified atom stereocenters. The van der Waals surface area contributed by atoms with Gasteiger partial charge in [0, 0.05) is 18.2 Å². The summed E-state index contributed by atoms with van der Waals surface area (Å²) in [5, 5.41) is 4.57. The van der Waals surface area contributed by atoms with E-state index in [1.54, 1.807) is 13.0 Å². The van der Waals surface area contributed by atoms with Gasteiger partial charge in [-0.1, -0.05) is 6.92 Å². The van der Waals surface area contributed by atoms with Crippen LogP contribution in [-0.4, -0.2) is 25.0 Å². The average molecular weight is 424 g/mol. The predicted octanol–water partition coefficient (Wildman–Crippen LogP) is 5.10. The number of rotatable bonds is 8. The third kappa shape index (κ3) is 6.13. The maximum absolute atomic E-state index is 13.5. The summed E-state index contributed by atoms with van der Waals surface area (Å²) in [7, 11) is 0. The Morgan fingerprint density at radius 2 is 1.70 bits per heavy atom. The van der Waals surface area contributed by atoms with Gasteiger partial charge in [-0.25, -0.2) is 0 Å². The molecule has 0 aliphatic heterocycles. The molecule has 2 rings (SSSR count). The number of benzene rings is 2. The number of amides is 2. The van der Waals surface area contributed by atoms with Gasteiger partial charge in [0.25, 0.3) is 5.91 Å². The molecule has 0 radical (unpaired) electrons. The van der Waals surface area contributed by atoms with Crippen LogP contribution in [0.1, 0.15) is 43.1 Å². The van der Waals surface area contributed by atoms with E-state index in [0.717, 1.165) is 18.6 Å². The smallest absolute Gasteiger partial charge is 0.418 e. The highest BCUT2D eigenvalue weighted by Crippen LogP contribution is 2.37. The molecule has 0 heterocycles. The molecule has 2 amide bonds. The van der Waals surface area contributed by atoms with Gasteiger partial charge < -0.3 is 20.1 Å². The van der Waals surface area contributed by atoms with Crippen LogP contribution < -0.4 is 20.1 Å². The Balaban J connectivity index is 2.32. The molecule has 0 fully saturated rings. The second-order valence-electron chi connectivity index (χ2n) is 6.34. The largest absolute Gasteiger partial charge is 0.490 e. The third-order valence-electron chi connectivity index (χ3n) is 3.86. The molecule has 2 aromatic rings. The van der Waals surface area contributed by atoms with Crippen molar-refractivity contribution in [1.29, 1.82) is 0 Å².